The molecule has 186 valence electrons. The van der Waals surface area contributed by atoms with Crippen molar-refractivity contribution < 1.29 is 29.2 Å². The van der Waals surface area contributed by atoms with Gasteiger partial charge in [0, 0.05) is 29.9 Å². The van der Waals surface area contributed by atoms with E-state index in [4.69, 9.17) is 4.74 Å². The van der Waals surface area contributed by atoms with Gasteiger partial charge in [0.2, 0.25) is 0 Å². The van der Waals surface area contributed by atoms with Crippen LogP contribution in [0.1, 0.15) is 45.3 Å². The molecule has 2 N–H and O–H groups in total. The number of hydrogen-bond donors (Lipinski definition) is 2. The van der Waals surface area contributed by atoms with E-state index in [0.29, 0.717) is 29.8 Å². The van der Waals surface area contributed by atoms with Crippen LogP contribution in [0.4, 0.5) is 5.69 Å². The van der Waals surface area contributed by atoms with Gasteiger partial charge in [-0.2, -0.15) is 0 Å². The summed E-state index contributed by atoms with van der Waals surface area (Å²) in [5, 5.41) is 22.4. The van der Waals surface area contributed by atoms with Crippen LogP contribution in [0.25, 0.3) is 5.76 Å². The molecule has 1 aliphatic heterocycles. The van der Waals surface area contributed by atoms with Gasteiger partial charge in [-0.05, 0) is 64.2 Å². The molecule has 1 saturated heterocycles. The van der Waals surface area contributed by atoms with Gasteiger partial charge in [-0.15, -0.1) is 0 Å². The number of nitro benzene ring substituents is 1. The third kappa shape index (κ3) is 4.80. The largest absolute Gasteiger partial charge is 0.507 e. The third-order valence-corrected chi connectivity index (χ3v) is 6.03. The summed E-state index contributed by atoms with van der Waals surface area (Å²) < 4.78 is 4.77. The Kier molecular flexibility index (Phi) is 7.39. The van der Waals surface area contributed by atoms with Crippen molar-refractivity contribution in [3.05, 3.63) is 68.0 Å². The molecule has 0 unspecified atom stereocenters. The van der Waals surface area contributed by atoms with Crippen molar-refractivity contribution in [2.24, 2.45) is 0 Å². The average Bonchev–Trinajstić information content (AvgIpc) is 3.25. The molecule has 1 amide bonds. The number of ketones is 1. The van der Waals surface area contributed by atoms with Gasteiger partial charge in [0.1, 0.15) is 11.5 Å². The number of Topliss-reactive ketones (excluding diaryl/α,β-unsaturated/α-hetero) is 1. The first-order valence-electron chi connectivity index (χ1n) is 10.9. The molecule has 1 aromatic heterocycles. The zero-order valence-electron chi connectivity index (χ0n) is 20.2. The molecule has 1 atom stereocenters. The van der Waals surface area contributed by atoms with E-state index in [1.165, 1.54) is 36.3 Å². The number of aromatic amines is 1. The SMILES string of the molecule is COC(=O)c1[nH]c(C)c(/C(O)=C2\C(=O)C(=O)N(CCCN(C)C)[C@@H]2c2ccc([N+](=O)[O-])cc2)c1C. The number of carbonyl (C=O) groups is 3. The zero-order valence-corrected chi connectivity index (χ0v) is 20.2. The van der Waals surface area contributed by atoms with E-state index in [-0.39, 0.29) is 29.1 Å². The van der Waals surface area contributed by atoms with Crippen LogP contribution in [0, 0.1) is 24.0 Å². The number of likely N-dealkylation sites (tertiary alicyclic amines) is 1. The summed E-state index contributed by atoms with van der Waals surface area (Å²) in [7, 11) is 5.00. The number of H-pyrrole nitrogens is 1. The maximum Gasteiger partial charge on any atom is 0.354 e. The van der Waals surface area contributed by atoms with E-state index in [1.807, 2.05) is 19.0 Å². The number of methoxy groups -OCH3 is 1. The smallest absolute Gasteiger partial charge is 0.354 e. The van der Waals surface area contributed by atoms with Crippen molar-refractivity contribution in [1.29, 1.82) is 0 Å². The quantitative estimate of drug-likeness (QED) is 0.145. The van der Waals surface area contributed by atoms with Gasteiger partial charge in [0.25, 0.3) is 17.4 Å². The fourth-order valence-corrected chi connectivity index (χ4v) is 4.34. The van der Waals surface area contributed by atoms with Gasteiger partial charge in [0.15, 0.2) is 0 Å². The minimum Gasteiger partial charge on any atom is -0.507 e. The Morgan fingerprint density at radius 2 is 1.86 bits per heavy atom. The number of nitro groups is 1. The van der Waals surface area contributed by atoms with Crippen LogP contribution in [0.2, 0.25) is 0 Å². The van der Waals surface area contributed by atoms with Crippen LogP contribution >= 0.6 is 0 Å². The molecule has 11 heteroatoms. The molecule has 11 nitrogen and oxygen atoms in total. The van der Waals surface area contributed by atoms with Gasteiger partial charge >= 0.3 is 5.97 Å². The van der Waals surface area contributed by atoms with E-state index in [0.717, 1.165) is 0 Å². The van der Waals surface area contributed by atoms with Crippen LogP contribution in [0.5, 0.6) is 0 Å². The molecule has 35 heavy (non-hydrogen) atoms. The molecule has 0 saturated carbocycles. The van der Waals surface area contributed by atoms with Gasteiger partial charge in [-0.3, -0.25) is 19.7 Å². The highest BCUT2D eigenvalue weighted by Crippen LogP contribution is 2.41. The van der Waals surface area contributed by atoms with E-state index >= 15 is 0 Å². The lowest BCUT2D eigenvalue weighted by Gasteiger charge is -2.26. The number of rotatable bonds is 8. The number of aromatic nitrogens is 1. The highest BCUT2D eigenvalue weighted by molar-refractivity contribution is 6.46. The number of aliphatic hydroxyl groups is 1. The number of aryl methyl sites for hydroxylation is 1. The summed E-state index contributed by atoms with van der Waals surface area (Å²) in [6.07, 6.45) is 0.568. The second-order valence-corrected chi connectivity index (χ2v) is 8.61. The molecule has 3 rings (SSSR count). The summed E-state index contributed by atoms with van der Waals surface area (Å²) in [4.78, 5) is 55.1. The molecular weight excluding hydrogens is 456 g/mol. The van der Waals surface area contributed by atoms with Gasteiger partial charge in [-0.25, -0.2) is 4.79 Å². The summed E-state index contributed by atoms with van der Waals surface area (Å²) in [6, 6.07) is 4.57. The van der Waals surface area contributed by atoms with Crippen LogP contribution in [0.15, 0.2) is 29.8 Å². The van der Waals surface area contributed by atoms with Crippen molar-refractivity contribution in [2.45, 2.75) is 26.3 Å². The Morgan fingerprint density at radius 3 is 2.40 bits per heavy atom. The van der Waals surface area contributed by atoms with Gasteiger partial charge < -0.3 is 24.6 Å². The third-order valence-electron chi connectivity index (χ3n) is 6.03. The van der Waals surface area contributed by atoms with Crippen LogP contribution in [-0.4, -0.2) is 76.8 Å². The number of esters is 1. The maximum absolute atomic E-state index is 13.2. The van der Waals surface area contributed by atoms with Gasteiger partial charge in [0.05, 0.1) is 23.6 Å². The minimum atomic E-state index is -0.951. The van der Waals surface area contributed by atoms with E-state index in [1.54, 1.807) is 13.8 Å². The first-order chi connectivity index (χ1) is 16.5. The van der Waals surface area contributed by atoms with Crippen LogP contribution < -0.4 is 0 Å². The zero-order chi connectivity index (χ0) is 26.0. The highest BCUT2D eigenvalue weighted by atomic mass is 16.6. The summed E-state index contributed by atoms with van der Waals surface area (Å²) >= 11 is 0. The fraction of sp³-hybridized carbons (Fsp3) is 0.375. The van der Waals surface area contributed by atoms with Crippen molar-refractivity contribution in [3.8, 4) is 0 Å². The number of nitrogens with zero attached hydrogens (tertiary/aromatic N) is 3. The topological polar surface area (TPSA) is 146 Å². The summed E-state index contributed by atoms with van der Waals surface area (Å²) in [6.45, 7) is 4.12. The van der Waals surface area contributed by atoms with E-state index < -0.39 is 34.4 Å². The number of amides is 1. The monoisotopic (exact) mass is 484 g/mol. The number of nitrogens with one attached hydrogen (secondary N) is 1. The normalized spacial score (nSPS) is 17.3. The Bertz CT molecular complexity index is 1210. The maximum atomic E-state index is 13.2. The molecule has 2 aromatic rings. The van der Waals surface area contributed by atoms with Crippen molar-refractivity contribution >= 4 is 29.1 Å². The molecular formula is C24H28N4O7. The molecule has 0 bridgehead atoms. The lowest BCUT2D eigenvalue weighted by Crippen LogP contribution is -2.32. The lowest BCUT2D eigenvalue weighted by molar-refractivity contribution is -0.384. The number of ether oxygens (including phenoxy) is 1. The Labute approximate surface area is 202 Å². The van der Waals surface area contributed by atoms with E-state index in [2.05, 4.69) is 4.98 Å². The first kappa shape index (κ1) is 25.6. The molecule has 1 aliphatic rings. The first-order valence-corrected chi connectivity index (χ1v) is 10.9. The van der Waals surface area contributed by atoms with E-state index in [9.17, 15) is 29.6 Å². The molecule has 1 fully saturated rings. The molecule has 0 aliphatic carbocycles. The van der Waals surface area contributed by atoms with Crippen molar-refractivity contribution in [2.75, 3.05) is 34.3 Å². The summed E-state index contributed by atoms with van der Waals surface area (Å²) in [5.41, 5.74) is 1.30. The Balaban J connectivity index is 2.18. The second-order valence-electron chi connectivity index (χ2n) is 8.61. The van der Waals surface area contributed by atoms with Crippen molar-refractivity contribution in [3.63, 3.8) is 0 Å². The highest BCUT2D eigenvalue weighted by Gasteiger charge is 2.46. The molecule has 0 radical (unpaired) electrons. The second kappa shape index (κ2) is 10.1. The fourth-order valence-electron chi connectivity index (χ4n) is 4.34. The average molecular weight is 485 g/mol. The Morgan fingerprint density at radius 1 is 1.23 bits per heavy atom. The number of hydrogen-bond acceptors (Lipinski definition) is 8. The predicted molar refractivity (Wildman–Crippen MR) is 127 cm³/mol. The van der Waals surface area contributed by atoms with Crippen LogP contribution in [0.3, 0.4) is 0 Å². The lowest BCUT2D eigenvalue weighted by atomic mass is 9.94. The summed E-state index contributed by atoms with van der Waals surface area (Å²) in [5.74, 6) is -2.70. The minimum absolute atomic E-state index is 0.124. The predicted octanol–water partition coefficient (Wildman–Crippen LogP) is 2.70. The molecule has 2 heterocycles. The number of non-ortho nitro benzene ring substituents is 1. The Hall–Kier alpha value is -3.99. The number of benzene rings is 1. The van der Waals surface area contributed by atoms with Crippen molar-refractivity contribution in [1.82, 2.24) is 14.8 Å². The molecule has 0 spiro atoms. The standard InChI is InChI=1S/C24H28N4O7/c1-13-17(14(2)25-19(13)24(32)35-5)21(29)18-20(15-7-9-16(10-8-15)28(33)34)27(23(31)22(18)30)12-6-11-26(3)4/h7-10,20,25,29H,6,11-12H2,1-5H3/b21-18+/t20-/m1/s1. The number of aliphatic hydroxyl groups excluding tert-OH is 1. The van der Waals surface area contributed by atoms with Crippen LogP contribution in [-0.2, 0) is 14.3 Å². The van der Waals surface area contributed by atoms with Gasteiger partial charge in [-0.1, -0.05) is 0 Å². The molecule has 1 aromatic carbocycles. The number of carbonyl (C=O) groups excluding carboxylic acids is 3.